The van der Waals surface area contributed by atoms with Gasteiger partial charge in [-0.3, -0.25) is 0 Å². The van der Waals surface area contributed by atoms with Crippen molar-refractivity contribution in [3.8, 4) is 11.5 Å². The zero-order chi connectivity index (χ0) is 18.9. The summed E-state index contributed by atoms with van der Waals surface area (Å²) in [5, 5.41) is 0. The van der Waals surface area contributed by atoms with E-state index >= 15 is 0 Å². The maximum atomic E-state index is 12.4. The molecule has 0 amide bonds. The van der Waals surface area contributed by atoms with Crippen molar-refractivity contribution in [2.75, 3.05) is 0 Å². The Balaban J connectivity index is 2.08. The molecule has 0 saturated carbocycles. The summed E-state index contributed by atoms with van der Waals surface area (Å²) in [6.07, 6.45) is 0. The SMILES string of the molecule is CC(C)(C)c1ccc(OP(=O)(Cl)Oc2ccc(C(C)(C)C)cc2)cc1. The minimum Gasteiger partial charge on any atom is -0.405 e. The number of halogens is 1. The van der Waals surface area contributed by atoms with Gasteiger partial charge in [0.2, 0.25) is 0 Å². The highest BCUT2D eigenvalue weighted by atomic mass is 35.7. The zero-order valence-electron chi connectivity index (χ0n) is 15.7. The lowest BCUT2D eigenvalue weighted by molar-refractivity contribution is 0.406. The van der Waals surface area contributed by atoms with Crippen LogP contribution in [0, 0.1) is 0 Å². The van der Waals surface area contributed by atoms with Crippen molar-refractivity contribution in [1.29, 1.82) is 0 Å². The first-order valence-electron chi connectivity index (χ1n) is 8.27. The quantitative estimate of drug-likeness (QED) is 0.531. The summed E-state index contributed by atoms with van der Waals surface area (Å²) >= 11 is 5.98. The van der Waals surface area contributed by atoms with Gasteiger partial charge >= 0.3 is 6.95 Å². The summed E-state index contributed by atoms with van der Waals surface area (Å²) in [5.41, 5.74) is 2.38. The minimum atomic E-state index is -3.78. The number of hydrogen-bond donors (Lipinski definition) is 0. The predicted molar refractivity (Wildman–Crippen MR) is 105 cm³/mol. The maximum absolute atomic E-state index is 12.4. The Bertz CT molecular complexity index is 690. The van der Waals surface area contributed by atoms with Crippen LogP contribution in [0.25, 0.3) is 0 Å². The third-order valence-corrected chi connectivity index (χ3v) is 5.14. The van der Waals surface area contributed by atoms with Gasteiger partial charge in [-0.05, 0) is 46.2 Å². The van der Waals surface area contributed by atoms with Gasteiger partial charge in [-0.25, -0.2) is 4.57 Å². The van der Waals surface area contributed by atoms with Crippen LogP contribution in [0.1, 0.15) is 52.7 Å². The Morgan fingerprint density at radius 3 is 1.20 bits per heavy atom. The second-order valence-electron chi connectivity index (χ2n) is 8.16. The second-order valence-corrected chi connectivity index (χ2v) is 10.6. The largest absolute Gasteiger partial charge is 0.530 e. The molecule has 136 valence electrons. The molecule has 0 bridgehead atoms. The first kappa shape index (κ1) is 19.9. The first-order chi connectivity index (χ1) is 11.4. The lowest BCUT2D eigenvalue weighted by Crippen LogP contribution is -2.10. The molecule has 3 nitrogen and oxygen atoms in total. The van der Waals surface area contributed by atoms with Gasteiger partial charge in [0.1, 0.15) is 11.5 Å². The molecule has 0 heterocycles. The van der Waals surface area contributed by atoms with Gasteiger partial charge in [-0.2, -0.15) is 0 Å². The van der Waals surface area contributed by atoms with Gasteiger partial charge in [-0.15, -0.1) is 0 Å². The van der Waals surface area contributed by atoms with Crippen molar-refractivity contribution in [2.24, 2.45) is 0 Å². The molecule has 0 atom stereocenters. The number of benzene rings is 2. The molecule has 25 heavy (non-hydrogen) atoms. The minimum absolute atomic E-state index is 0.0362. The summed E-state index contributed by atoms with van der Waals surface area (Å²) in [6.45, 7) is 8.97. The van der Waals surface area contributed by atoms with E-state index < -0.39 is 6.95 Å². The molecule has 0 spiro atoms. The van der Waals surface area contributed by atoms with E-state index in [0.717, 1.165) is 11.1 Å². The van der Waals surface area contributed by atoms with Crippen LogP contribution in [0.3, 0.4) is 0 Å². The highest BCUT2D eigenvalue weighted by Gasteiger charge is 2.25. The van der Waals surface area contributed by atoms with E-state index in [1.165, 1.54) is 0 Å². The van der Waals surface area contributed by atoms with E-state index in [1.807, 2.05) is 24.3 Å². The molecular formula is C20H26ClO3P. The Hall–Kier alpha value is -1.44. The van der Waals surface area contributed by atoms with E-state index in [4.69, 9.17) is 20.3 Å². The highest BCUT2D eigenvalue weighted by molar-refractivity contribution is 7.82. The number of rotatable bonds is 4. The molecule has 0 N–H and O–H groups in total. The van der Waals surface area contributed by atoms with Gasteiger partial charge < -0.3 is 9.05 Å². The van der Waals surface area contributed by atoms with Crippen LogP contribution in [0.15, 0.2) is 48.5 Å². The number of hydrogen-bond acceptors (Lipinski definition) is 3. The fraction of sp³-hybridized carbons (Fsp3) is 0.400. The molecule has 0 fully saturated rings. The van der Waals surface area contributed by atoms with E-state index in [1.54, 1.807) is 24.3 Å². The Morgan fingerprint density at radius 1 is 0.680 bits per heavy atom. The van der Waals surface area contributed by atoms with Gasteiger partial charge in [0.05, 0.1) is 0 Å². The Labute approximate surface area is 155 Å². The predicted octanol–water partition coefficient (Wildman–Crippen LogP) is 7.09. The molecule has 0 unspecified atom stereocenters. The van der Waals surface area contributed by atoms with Gasteiger partial charge in [0.25, 0.3) is 0 Å². The normalized spacial score (nSPS) is 12.8. The molecule has 2 aromatic carbocycles. The fourth-order valence-corrected chi connectivity index (χ4v) is 3.56. The summed E-state index contributed by atoms with van der Waals surface area (Å²) < 4.78 is 23.2. The van der Waals surface area contributed by atoms with E-state index in [-0.39, 0.29) is 10.8 Å². The molecule has 2 aromatic rings. The first-order valence-corrected chi connectivity index (χ1v) is 10.7. The van der Waals surface area contributed by atoms with E-state index in [2.05, 4.69) is 41.5 Å². The van der Waals surface area contributed by atoms with Crippen LogP contribution >= 0.6 is 18.2 Å². The monoisotopic (exact) mass is 380 g/mol. The molecule has 0 aliphatic rings. The zero-order valence-corrected chi connectivity index (χ0v) is 17.3. The topological polar surface area (TPSA) is 35.5 Å². The Kier molecular flexibility index (Phi) is 5.61. The molecule has 0 saturated heterocycles. The lowest BCUT2D eigenvalue weighted by Gasteiger charge is -2.20. The smallest absolute Gasteiger partial charge is 0.405 e. The molecule has 0 radical (unpaired) electrons. The van der Waals surface area contributed by atoms with Crippen LogP contribution in [-0.2, 0) is 15.4 Å². The molecule has 5 heteroatoms. The molecular weight excluding hydrogens is 355 g/mol. The standard InChI is InChI=1S/C20H26ClO3P/c1-19(2,3)15-7-11-17(12-8-15)23-25(21,22)24-18-13-9-16(10-14-18)20(4,5)6/h7-14H,1-6H3. The molecule has 2 rings (SSSR count). The summed E-state index contributed by atoms with van der Waals surface area (Å²) in [7, 11) is 0. The second kappa shape index (κ2) is 7.05. The van der Waals surface area contributed by atoms with Crippen LogP contribution in [0.4, 0.5) is 0 Å². The van der Waals surface area contributed by atoms with Crippen molar-refractivity contribution in [2.45, 2.75) is 52.4 Å². The van der Waals surface area contributed by atoms with Crippen molar-refractivity contribution < 1.29 is 13.6 Å². The summed E-state index contributed by atoms with van der Waals surface area (Å²) in [6, 6.07) is 14.7. The van der Waals surface area contributed by atoms with Crippen molar-refractivity contribution >= 4 is 18.2 Å². The van der Waals surface area contributed by atoms with Crippen LogP contribution in [-0.4, -0.2) is 0 Å². The van der Waals surface area contributed by atoms with E-state index in [9.17, 15) is 4.57 Å². The fourth-order valence-electron chi connectivity index (χ4n) is 2.30. The highest BCUT2D eigenvalue weighted by Crippen LogP contribution is 2.53. The van der Waals surface area contributed by atoms with Crippen LogP contribution in [0.5, 0.6) is 11.5 Å². The van der Waals surface area contributed by atoms with Crippen molar-refractivity contribution in [1.82, 2.24) is 0 Å². The molecule has 0 aromatic heterocycles. The Morgan fingerprint density at radius 2 is 0.960 bits per heavy atom. The maximum Gasteiger partial charge on any atom is 0.530 e. The third kappa shape index (κ3) is 5.80. The summed E-state index contributed by atoms with van der Waals surface area (Å²) in [4.78, 5) is 0. The van der Waals surface area contributed by atoms with Crippen LogP contribution < -0.4 is 9.05 Å². The van der Waals surface area contributed by atoms with Gasteiger partial charge in [0, 0.05) is 11.2 Å². The average Bonchev–Trinajstić information content (AvgIpc) is 2.45. The molecule has 0 aliphatic carbocycles. The van der Waals surface area contributed by atoms with Crippen molar-refractivity contribution in [3.63, 3.8) is 0 Å². The van der Waals surface area contributed by atoms with Crippen LogP contribution in [0.2, 0.25) is 0 Å². The third-order valence-electron chi connectivity index (χ3n) is 3.87. The van der Waals surface area contributed by atoms with Gasteiger partial charge in [0.15, 0.2) is 0 Å². The van der Waals surface area contributed by atoms with Gasteiger partial charge in [-0.1, -0.05) is 65.8 Å². The average molecular weight is 381 g/mol. The van der Waals surface area contributed by atoms with Crippen molar-refractivity contribution in [3.05, 3.63) is 59.7 Å². The van der Waals surface area contributed by atoms with E-state index in [0.29, 0.717) is 11.5 Å². The summed E-state index contributed by atoms with van der Waals surface area (Å²) in [5.74, 6) is 0.829. The lowest BCUT2D eigenvalue weighted by atomic mass is 9.87. The molecule has 0 aliphatic heterocycles.